The zero-order valence-electron chi connectivity index (χ0n) is 15.7. The van der Waals surface area contributed by atoms with E-state index >= 15 is 0 Å². The molecular formula is C22H19F2N3OS. The fourth-order valence-electron chi connectivity index (χ4n) is 3.32. The number of aromatic nitrogens is 3. The molecule has 4 aromatic rings. The molecular weight excluding hydrogens is 392 g/mol. The smallest absolute Gasteiger partial charge is 0.215 e. The summed E-state index contributed by atoms with van der Waals surface area (Å²) in [4.78, 5) is 4.74. The summed E-state index contributed by atoms with van der Waals surface area (Å²) >= 11 is 1.13. The molecule has 0 radical (unpaired) electrons. The molecule has 0 amide bonds. The zero-order chi connectivity index (χ0) is 20.4. The highest BCUT2D eigenvalue weighted by molar-refractivity contribution is 7.98. The normalized spacial score (nSPS) is 12.4. The van der Waals surface area contributed by atoms with E-state index in [1.54, 1.807) is 0 Å². The van der Waals surface area contributed by atoms with Crippen molar-refractivity contribution in [2.75, 3.05) is 0 Å². The van der Waals surface area contributed by atoms with Gasteiger partial charge in [-0.2, -0.15) is 9.61 Å². The van der Waals surface area contributed by atoms with Crippen LogP contribution in [0.3, 0.4) is 0 Å². The van der Waals surface area contributed by atoms with E-state index in [1.165, 1.54) is 22.7 Å². The number of aromatic hydroxyl groups is 1. The van der Waals surface area contributed by atoms with Crippen LogP contribution in [0.5, 0.6) is 5.88 Å². The lowest BCUT2D eigenvalue weighted by atomic mass is 9.93. The van der Waals surface area contributed by atoms with Crippen molar-refractivity contribution >= 4 is 17.4 Å². The first-order valence-corrected chi connectivity index (χ1v) is 10.3. The molecule has 0 aliphatic carbocycles. The van der Waals surface area contributed by atoms with Gasteiger partial charge in [-0.15, -0.1) is 11.8 Å². The van der Waals surface area contributed by atoms with Crippen LogP contribution >= 0.6 is 11.8 Å². The third-order valence-corrected chi connectivity index (χ3v) is 5.81. The largest absolute Gasteiger partial charge is 0.493 e. The lowest BCUT2D eigenvalue weighted by molar-refractivity contribution is 0.433. The Bertz CT molecular complexity index is 1150. The van der Waals surface area contributed by atoms with Crippen molar-refractivity contribution in [3.63, 3.8) is 0 Å². The third kappa shape index (κ3) is 3.96. The summed E-state index contributed by atoms with van der Waals surface area (Å²) in [5.74, 6) is -1.41. The summed E-state index contributed by atoms with van der Waals surface area (Å²) in [6.07, 6.45) is 0.857. The number of thioether (sulfide) groups is 1. The summed E-state index contributed by atoms with van der Waals surface area (Å²) < 4.78 is 28.6. The monoisotopic (exact) mass is 411 g/mol. The van der Waals surface area contributed by atoms with Gasteiger partial charge in [0.1, 0.15) is 0 Å². The molecule has 29 heavy (non-hydrogen) atoms. The van der Waals surface area contributed by atoms with E-state index < -0.39 is 11.6 Å². The maximum atomic E-state index is 13.8. The van der Waals surface area contributed by atoms with Crippen LogP contribution in [-0.2, 0) is 5.75 Å². The van der Waals surface area contributed by atoms with Gasteiger partial charge < -0.3 is 5.11 Å². The molecule has 1 unspecified atom stereocenters. The molecule has 2 aromatic heterocycles. The number of nitrogens with zero attached hydrogens (tertiary/aromatic N) is 3. The number of benzene rings is 2. The van der Waals surface area contributed by atoms with Gasteiger partial charge >= 0.3 is 0 Å². The minimum absolute atomic E-state index is 0.0421. The first-order valence-electron chi connectivity index (χ1n) is 9.27. The second-order valence-electron chi connectivity index (χ2n) is 6.66. The highest BCUT2D eigenvalue weighted by Gasteiger charge is 2.18. The Morgan fingerprint density at radius 3 is 2.62 bits per heavy atom. The van der Waals surface area contributed by atoms with Crippen molar-refractivity contribution in [2.45, 2.75) is 29.9 Å². The molecule has 0 aliphatic heterocycles. The Balaban J connectivity index is 1.62. The van der Waals surface area contributed by atoms with Gasteiger partial charge in [0.2, 0.25) is 5.88 Å². The Kier molecular flexibility index (Phi) is 5.49. The van der Waals surface area contributed by atoms with E-state index in [4.69, 9.17) is 0 Å². The minimum Gasteiger partial charge on any atom is -0.493 e. The van der Waals surface area contributed by atoms with Crippen LogP contribution < -0.4 is 0 Å². The molecule has 2 heterocycles. The van der Waals surface area contributed by atoms with E-state index in [0.29, 0.717) is 17.1 Å². The van der Waals surface area contributed by atoms with Crippen LogP contribution in [0, 0.1) is 11.6 Å². The molecule has 2 aromatic carbocycles. The molecule has 4 nitrogen and oxygen atoms in total. The van der Waals surface area contributed by atoms with E-state index in [-0.39, 0.29) is 16.7 Å². The van der Waals surface area contributed by atoms with E-state index in [2.05, 4.69) is 29.1 Å². The Hall–Kier alpha value is -2.93. The predicted octanol–water partition coefficient (Wildman–Crippen LogP) is 5.55. The lowest BCUT2D eigenvalue weighted by Gasteiger charge is -2.11. The number of fused-ring (bicyclic) bond motifs is 1. The molecule has 0 bridgehead atoms. The molecule has 0 saturated heterocycles. The summed E-state index contributed by atoms with van der Waals surface area (Å²) in [6.45, 7) is 2.09. The van der Waals surface area contributed by atoms with Gasteiger partial charge in [0.25, 0.3) is 0 Å². The molecule has 1 N–H and O–H groups in total. The van der Waals surface area contributed by atoms with Gasteiger partial charge in [-0.05, 0) is 24.1 Å². The molecule has 148 valence electrons. The van der Waals surface area contributed by atoms with Crippen LogP contribution in [-0.4, -0.2) is 19.7 Å². The Labute approximate surface area is 171 Å². The number of rotatable bonds is 6. The maximum absolute atomic E-state index is 13.8. The number of hydrogen-bond donors (Lipinski definition) is 1. The summed E-state index contributed by atoms with van der Waals surface area (Å²) in [6, 6.07) is 17.5. The average molecular weight is 411 g/mol. The minimum atomic E-state index is -0.881. The summed E-state index contributed by atoms with van der Waals surface area (Å²) in [7, 11) is 0. The lowest BCUT2D eigenvalue weighted by Crippen LogP contribution is -2.01. The molecule has 0 saturated carbocycles. The molecule has 0 aliphatic rings. The van der Waals surface area contributed by atoms with Crippen molar-refractivity contribution in [1.82, 2.24) is 14.6 Å². The van der Waals surface area contributed by atoms with Crippen molar-refractivity contribution in [1.29, 1.82) is 0 Å². The van der Waals surface area contributed by atoms with Crippen LogP contribution in [0.25, 0.3) is 5.65 Å². The Morgan fingerprint density at radius 2 is 1.86 bits per heavy atom. The molecule has 4 rings (SSSR count). The van der Waals surface area contributed by atoms with Gasteiger partial charge in [-0.25, -0.2) is 13.8 Å². The van der Waals surface area contributed by atoms with E-state index in [1.807, 2.05) is 24.3 Å². The summed E-state index contributed by atoms with van der Waals surface area (Å²) in [5.41, 5.74) is 3.05. The SMILES string of the molecule is CCC(c1ccccc1)c1cc2nc(CSc3cccc(F)c3F)cc(O)n2n1. The van der Waals surface area contributed by atoms with Gasteiger partial charge in [0, 0.05) is 28.7 Å². The molecule has 1 atom stereocenters. The van der Waals surface area contributed by atoms with Gasteiger partial charge in [-0.1, -0.05) is 43.3 Å². The van der Waals surface area contributed by atoms with E-state index in [0.717, 1.165) is 35.5 Å². The fourth-order valence-corrected chi connectivity index (χ4v) is 4.17. The highest BCUT2D eigenvalue weighted by Crippen LogP contribution is 2.30. The first-order chi connectivity index (χ1) is 14.1. The Morgan fingerprint density at radius 1 is 1.07 bits per heavy atom. The van der Waals surface area contributed by atoms with Gasteiger partial charge in [0.15, 0.2) is 17.3 Å². The fraction of sp³-hybridized carbons (Fsp3) is 0.182. The van der Waals surface area contributed by atoms with Crippen LogP contribution in [0.15, 0.2) is 65.6 Å². The second kappa shape index (κ2) is 8.21. The van der Waals surface area contributed by atoms with Crippen molar-refractivity contribution in [3.8, 4) is 5.88 Å². The third-order valence-electron chi connectivity index (χ3n) is 4.74. The molecule has 0 fully saturated rings. The van der Waals surface area contributed by atoms with Crippen LogP contribution in [0.1, 0.15) is 36.2 Å². The van der Waals surface area contributed by atoms with E-state index in [9.17, 15) is 13.9 Å². The van der Waals surface area contributed by atoms with Gasteiger partial charge in [-0.3, -0.25) is 0 Å². The standard InChI is InChI=1S/C22H19F2N3OS/c1-2-16(14-7-4-3-5-8-14)18-12-20-25-15(11-21(28)27(20)26-18)13-29-19-10-6-9-17(23)22(19)24/h3-12,16,28H,2,13H2,1H3. The maximum Gasteiger partial charge on any atom is 0.215 e. The second-order valence-corrected chi connectivity index (χ2v) is 7.67. The van der Waals surface area contributed by atoms with Crippen LogP contribution in [0.2, 0.25) is 0 Å². The summed E-state index contributed by atoms with van der Waals surface area (Å²) in [5, 5.41) is 14.9. The molecule has 7 heteroatoms. The molecule has 0 spiro atoms. The van der Waals surface area contributed by atoms with Gasteiger partial charge in [0.05, 0.1) is 11.4 Å². The zero-order valence-corrected chi connectivity index (χ0v) is 16.5. The highest BCUT2D eigenvalue weighted by atomic mass is 32.2. The predicted molar refractivity (Wildman–Crippen MR) is 109 cm³/mol. The van der Waals surface area contributed by atoms with Crippen molar-refractivity contribution < 1.29 is 13.9 Å². The number of halogens is 2. The number of hydrogen-bond acceptors (Lipinski definition) is 4. The van der Waals surface area contributed by atoms with Crippen LogP contribution in [0.4, 0.5) is 8.78 Å². The van der Waals surface area contributed by atoms with Crippen molar-refractivity contribution in [2.24, 2.45) is 0 Å². The van der Waals surface area contributed by atoms with Crippen molar-refractivity contribution in [3.05, 3.63) is 89.2 Å². The average Bonchev–Trinajstić information content (AvgIpc) is 3.15. The topological polar surface area (TPSA) is 50.4 Å². The quantitative estimate of drug-likeness (QED) is 0.423. The first kappa shape index (κ1) is 19.4.